The third-order valence-electron chi connectivity index (χ3n) is 1.91. The maximum Gasteiger partial charge on any atom is 0.178 e. The van der Waals surface area contributed by atoms with Crippen LogP contribution in [-0.2, 0) is 0 Å². The summed E-state index contributed by atoms with van der Waals surface area (Å²) in [6.45, 7) is 2.34. The molecule has 1 fully saturated rings. The Morgan fingerprint density at radius 2 is 2.00 bits per heavy atom. The van der Waals surface area contributed by atoms with Gasteiger partial charge in [-0.15, -0.1) is 0 Å². The van der Waals surface area contributed by atoms with E-state index in [1.165, 1.54) is 4.90 Å². The first-order chi connectivity index (χ1) is 5.15. The Balaban J connectivity index is 2.48. The molecule has 1 aliphatic heterocycles. The number of hydrogen-bond acceptors (Lipinski definition) is 3. The molecule has 0 spiro atoms. The van der Waals surface area contributed by atoms with Gasteiger partial charge in [0.05, 0.1) is 6.54 Å². The van der Waals surface area contributed by atoms with Crippen LogP contribution in [0.4, 0.5) is 8.78 Å². The van der Waals surface area contributed by atoms with Crippen molar-refractivity contribution in [1.82, 2.24) is 9.91 Å². The van der Waals surface area contributed by atoms with Gasteiger partial charge in [0.15, 0.2) is 12.6 Å². The second-order valence-electron chi connectivity index (χ2n) is 2.65. The average molecular weight is 165 g/mol. The van der Waals surface area contributed by atoms with E-state index in [1.54, 1.807) is 6.92 Å². The van der Waals surface area contributed by atoms with Crippen molar-refractivity contribution in [3.63, 3.8) is 0 Å². The van der Waals surface area contributed by atoms with E-state index in [4.69, 9.17) is 5.84 Å². The summed E-state index contributed by atoms with van der Waals surface area (Å²) in [5.41, 5.74) is 0. The molecule has 5 heteroatoms. The van der Waals surface area contributed by atoms with Crippen molar-refractivity contribution in [2.24, 2.45) is 5.84 Å². The maximum atomic E-state index is 12.9. The average Bonchev–Trinajstić information content (AvgIpc) is 1.97. The van der Waals surface area contributed by atoms with Crippen LogP contribution in [0.2, 0.25) is 0 Å². The highest BCUT2D eigenvalue weighted by atomic mass is 19.1. The fourth-order valence-corrected chi connectivity index (χ4v) is 1.14. The lowest BCUT2D eigenvalue weighted by Crippen LogP contribution is -2.57. The zero-order chi connectivity index (χ0) is 8.43. The molecule has 0 radical (unpaired) electrons. The molecule has 0 aromatic heterocycles. The van der Waals surface area contributed by atoms with Gasteiger partial charge in [-0.3, -0.25) is 10.7 Å². The van der Waals surface area contributed by atoms with E-state index < -0.39 is 12.6 Å². The Kier molecular flexibility index (Phi) is 2.75. The molecule has 66 valence electrons. The molecule has 0 aliphatic carbocycles. The van der Waals surface area contributed by atoms with Crippen LogP contribution in [0.25, 0.3) is 0 Å². The standard InChI is InChI=1S/C6H13F2N3/c1-2-10-3-6(8)11(9)4-5(10)7/h5-6H,2-4,9H2,1H3. The van der Waals surface area contributed by atoms with E-state index in [0.717, 1.165) is 5.01 Å². The summed E-state index contributed by atoms with van der Waals surface area (Å²) >= 11 is 0. The lowest BCUT2D eigenvalue weighted by molar-refractivity contribution is -0.0733. The molecule has 1 heterocycles. The number of nitrogens with zero attached hydrogens (tertiary/aromatic N) is 2. The fourth-order valence-electron chi connectivity index (χ4n) is 1.14. The number of likely N-dealkylation sites (N-methyl/N-ethyl adjacent to an activating group) is 1. The number of hydrogen-bond donors (Lipinski definition) is 1. The Bertz CT molecular complexity index is 133. The summed E-state index contributed by atoms with van der Waals surface area (Å²) in [7, 11) is 0. The molecule has 0 amide bonds. The maximum absolute atomic E-state index is 12.9. The SMILES string of the molecule is CCN1CC(F)N(N)CC1F. The first-order valence-electron chi connectivity index (χ1n) is 3.68. The van der Waals surface area contributed by atoms with Crippen molar-refractivity contribution in [2.45, 2.75) is 19.5 Å². The largest absolute Gasteiger partial charge is 0.269 e. The number of rotatable bonds is 1. The van der Waals surface area contributed by atoms with Crippen LogP contribution in [0.1, 0.15) is 6.92 Å². The summed E-state index contributed by atoms with van der Waals surface area (Å²) in [6, 6.07) is 0. The summed E-state index contributed by atoms with van der Waals surface area (Å²) in [5, 5.41) is 0.900. The van der Waals surface area contributed by atoms with Crippen molar-refractivity contribution in [1.29, 1.82) is 0 Å². The summed E-state index contributed by atoms with van der Waals surface area (Å²) < 4.78 is 25.7. The zero-order valence-corrected chi connectivity index (χ0v) is 6.50. The lowest BCUT2D eigenvalue weighted by Gasteiger charge is -2.36. The number of alkyl halides is 2. The van der Waals surface area contributed by atoms with Gasteiger partial charge in [0.25, 0.3) is 0 Å². The molecule has 0 aromatic rings. The molecule has 1 saturated heterocycles. The highest BCUT2D eigenvalue weighted by Crippen LogP contribution is 2.13. The van der Waals surface area contributed by atoms with E-state index in [2.05, 4.69) is 0 Å². The van der Waals surface area contributed by atoms with Gasteiger partial charge in [-0.1, -0.05) is 6.92 Å². The number of piperazine rings is 1. The van der Waals surface area contributed by atoms with Gasteiger partial charge in [0, 0.05) is 6.54 Å². The van der Waals surface area contributed by atoms with Gasteiger partial charge >= 0.3 is 0 Å². The van der Waals surface area contributed by atoms with Crippen LogP contribution in [0.15, 0.2) is 0 Å². The number of halogens is 2. The van der Waals surface area contributed by atoms with Crippen LogP contribution in [0, 0.1) is 0 Å². The molecule has 3 nitrogen and oxygen atoms in total. The molecular formula is C6H13F2N3. The van der Waals surface area contributed by atoms with Gasteiger partial charge in [-0.05, 0) is 6.54 Å². The second-order valence-corrected chi connectivity index (χ2v) is 2.65. The minimum absolute atomic E-state index is 0.0466. The van der Waals surface area contributed by atoms with Crippen molar-refractivity contribution in [3.05, 3.63) is 0 Å². The molecule has 0 bridgehead atoms. The Morgan fingerprint density at radius 1 is 1.36 bits per heavy atom. The van der Waals surface area contributed by atoms with Gasteiger partial charge < -0.3 is 0 Å². The van der Waals surface area contributed by atoms with E-state index in [-0.39, 0.29) is 13.1 Å². The zero-order valence-electron chi connectivity index (χ0n) is 6.50. The Morgan fingerprint density at radius 3 is 2.55 bits per heavy atom. The Hall–Kier alpha value is -0.260. The quantitative estimate of drug-likeness (QED) is 0.441. The molecular weight excluding hydrogens is 152 g/mol. The highest BCUT2D eigenvalue weighted by molar-refractivity contribution is 4.74. The Labute approximate surface area is 64.7 Å². The predicted octanol–water partition coefficient (Wildman–Crippen LogP) is 0.0888. The summed E-state index contributed by atoms with van der Waals surface area (Å²) in [4.78, 5) is 1.42. The monoisotopic (exact) mass is 165 g/mol. The van der Waals surface area contributed by atoms with E-state index in [9.17, 15) is 8.78 Å². The van der Waals surface area contributed by atoms with E-state index in [0.29, 0.717) is 6.54 Å². The normalized spacial score (nSPS) is 36.0. The van der Waals surface area contributed by atoms with Crippen molar-refractivity contribution >= 4 is 0 Å². The fraction of sp³-hybridized carbons (Fsp3) is 1.00. The second kappa shape index (κ2) is 3.42. The topological polar surface area (TPSA) is 32.5 Å². The van der Waals surface area contributed by atoms with Crippen LogP contribution >= 0.6 is 0 Å². The predicted molar refractivity (Wildman–Crippen MR) is 37.9 cm³/mol. The molecule has 2 N–H and O–H groups in total. The minimum atomic E-state index is -1.23. The minimum Gasteiger partial charge on any atom is -0.269 e. The first-order valence-corrected chi connectivity index (χ1v) is 3.68. The summed E-state index contributed by atoms with van der Waals surface area (Å²) in [6.07, 6.45) is -2.36. The highest BCUT2D eigenvalue weighted by Gasteiger charge is 2.30. The van der Waals surface area contributed by atoms with Crippen LogP contribution in [0.3, 0.4) is 0 Å². The van der Waals surface area contributed by atoms with Gasteiger partial charge in [0.1, 0.15) is 0 Å². The molecule has 2 atom stereocenters. The van der Waals surface area contributed by atoms with Crippen LogP contribution in [-0.4, -0.2) is 42.1 Å². The van der Waals surface area contributed by atoms with Crippen molar-refractivity contribution < 1.29 is 8.78 Å². The van der Waals surface area contributed by atoms with Crippen molar-refractivity contribution in [2.75, 3.05) is 19.6 Å². The smallest absolute Gasteiger partial charge is 0.178 e. The molecule has 0 saturated carbocycles. The summed E-state index contributed by atoms with van der Waals surface area (Å²) in [5.74, 6) is 5.18. The molecule has 1 aliphatic rings. The third-order valence-corrected chi connectivity index (χ3v) is 1.91. The molecule has 11 heavy (non-hydrogen) atoms. The van der Waals surface area contributed by atoms with E-state index in [1.807, 2.05) is 0 Å². The van der Waals surface area contributed by atoms with E-state index >= 15 is 0 Å². The molecule has 2 unspecified atom stereocenters. The molecule has 1 rings (SSSR count). The number of nitrogens with two attached hydrogens (primary N) is 1. The van der Waals surface area contributed by atoms with Crippen LogP contribution in [0.5, 0.6) is 0 Å². The first kappa shape index (κ1) is 8.83. The number of hydrazine groups is 1. The third kappa shape index (κ3) is 1.85. The lowest BCUT2D eigenvalue weighted by atomic mass is 10.3. The van der Waals surface area contributed by atoms with Gasteiger partial charge in [-0.2, -0.15) is 0 Å². The van der Waals surface area contributed by atoms with Crippen LogP contribution < -0.4 is 5.84 Å². The molecule has 0 aromatic carbocycles. The van der Waals surface area contributed by atoms with Gasteiger partial charge in [0.2, 0.25) is 0 Å². The van der Waals surface area contributed by atoms with Crippen molar-refractivity contribution in [3.8, 4) is 0 Å². The van der Waals surface area contributed by atoms with Gasteiger partial charge in [-0.25, -0.2) is 13.8 Å².